The van der Waals surface area contributed by atoms with Gasteiger partial charge in [-0.1, -0.05) is 23.3 Å². The van der Waals surface area contributed by atoms with E-state index in [0.29, 0.717) is 18.8 Å². The van der Waals surface area contributed by atoms with Crippen LogP contribution in [0, 0.1) is 0 Å². The summed E-state index contributed by atoms with van der Waals surface area (Å²) in [5.74, 6) is -0.500. The molecule has 2 amide bonds. The Kier molecular flexibility index (Phi) is 5.60. The lowest BCUT2D eigenvalue weighted by Crippen LogP contribution is -2.48. The summed E-state index contributed by atoms with van der Waals surface area (Å²) in [6.45, 7) is 4.58. The summed E-state index contributed by atoms with van der Waals surface area (Å²) < 4.78 is 5.38. The predicted octanol–water partition coefficient (Wildman–Crippen LogP) is 2.73. The van der Waals surface area contributed by atoms with Gasteiger partial charge in [0.1, 0.15) is 0 Å². The van der Waals surface area contributed by atoms with Crippen molar-refractivity contribution >= 4 is 34.9 Å². The minimum Gasteiger partial charge on any atom is -0.399 e. The number of para-hydroxylation sites is 1. The molecule has 1 saturated heterocycles. The number of nitrogens with zero attached hydrogens (tertiary/aromatic N) is 4. The molecule has 2 N–H and O–H groups in total. The van der Waals surface area contributed by atoms with E-state index in [-0.39, 0.29) is 17.8 Å². The van der Waals surface area contributed by atoms with Crippen molar-refractivity contribution in [3.63, 3.8) is 0 Å². The highest BCUT2D eigenvalue weighted by Crippen LogP contribution is 2.20. The van der Waals surface area contributed by atoms with Gasteiger partial charge < -0.3 is 24.9 Å². The summed E-state index contributed by atoms with van der Waals surface area (Å²) in [5.41, 5.74) is 2.46. The van der Waals surface area contributed by atoms with Crippen molar-refractivity contribution in [2.75, 3.05) is 41.7 Å². The van der Waals surface area contributed by atoms with E-state index in [1.807, 2.05) is 59.5 Å². The number of benzene rings is 2. The first kappa shape index (κ1) is 19.4. The average Bonchev–Trinajstić information content (AvgIpc) is 3.24. The number of rotatable bonds is 5. The van der Waals surface area contributed by atoms with Crippen molar-refractivity contribution in [3.05, 3.63) is 60.5 Å². The zero-order valence-electron chi connectivity index (χ0n) is 16.5. The smallest absolute Gasteiger partial charge is 0.320 e. The van der Waals surface area contributed by atoms with E-state index in [1.54, 1.807) is 6.92 Å². The van der Waals surface area contributed by atoms with Gasteiger partial charge >= 0.3 is 17.8 Å². The number of amides is 2. The van der Waals surface area contributed by atoms with Crippen LogP contribution in [0.15, 0.2) is 59.0 Å². The molecule has 9 heteroatoms. The van der Waals surface area contributed by atoms with Gasteiger partial charge in [0, 0.05) is 50.2 Å². The normalized spacial score (nSPS) is 13.8. The molecule has 1 fully saturated rings. The molecule has 1 aliphatic heterocycles. The van der Waals surface area contributed by atoms with Gasteiger partial charge in [0.2, 0.25) is 5.91 Å². The Morgan fingerprint density at radius 3 is 2.27 bits per heavy atom. The minimum atomic E-state index is -0.480. The minimum absolute atomic E-state index is 0.107. The monoisotopic (exact) mass is 406 g/mol. The highest BCUT2D eigenvalue weighted by Gasteiger charge is 2.19. The van der Waals surface area contributed by atoms with Crippen LogP contribution in [0.25, 0.3) is 0 Å². The molecule has 9 nitrogen and oxygen atoms in total. The Morgan fingerprint density at radius 1 is 0.900 bits per heavy atom. The topological polar surface area (TPSA) is 104 Å². The van der Waals surface area contributed by atoms with Crippen LogP contribution in [0.2, 0.25) is 0 Å². The second-order valence-corrected chi connectivity index (χ2v) is 6.90. The van der Waals surface area contributed by atoms with E-state index >= 15 is 0 Å². The highest BCUT2D eigenvalue weighted by atomic mass is 16.4. The van der Waals surface area contributed by atoms with Gasteiger partial charge in [-0.3, -0.25) is 9.59 Å². The maximum absolute atomic E-state index is 12.4. The fraction of sp³-hybridized carbons (Fsp3) is 0.238. The Morgan fingerprint density at radius 2 is 1.60 bits per heavy atom. The molecule has 2 heterocycles. The van der Waals surface area contributed by atoms with Crippen molar-refractivity contribution in [3.8, 4) is 0 Å². The fourth-order valence-electron chi connectivity index (χ4n) is 3.23. The number of carbonyl (C=O) groups is 2. The second kappa shape index (κ2) is 8.64. The lowest BCUT2D eigenvalue weighted by molar-refractivity contribution is -0.129. The quantitative estimate of drug-likeness (QED) is 0.671. The van der Waals surface area contributed by atoms with Crippen LogP contribution in [0.1, 0.15) is 17.6 Å². The van der Waals surface area contributed by atoms with Crippen molar-refractivity contribution in [1.82, 2.24) is 15.1 Å². The van der Waals surface area contributed by atoms with Crippen LogP contribution >= 0.6 is 0 Å². The third kappa shape index (κ3) is 4.57. The van der Waals surface area contributed by atoms with Gasteiger partial charge in [-0.2, -0.15) is 0 Å². The molecule has 154 valence electrons. The third-order valence-corrected chi connectivity index (χ3v) is 4.86. The summed E-state index contributed by atoms with van der Waals surface area (Å²) in [4.78, 5) is 27.9. The molecule has 0 aliphatic carbocycles. The molecular weight excluding hydrogens is 384 g/mol. The second-order valence-electron chi connectivity index (χ2n) is 6.90. The van der Waals surface area contributed by atoms with E-state index in [2.05, 4.69) is 25.7 Å². The molecule has 2 aromatic carbocycles. The maximum Gasteiger partial charge on any atom is 0.320 e. The first-order valence-corrected chi connectivity index (χ1v) is 9.66. The lowest BCUT2D eigenvalue weighted by Gasteiger charge is -2.35. The molecule has 0 spiro atoms. The standard InChI is InChI=1S/C21H22N6O3/c1-15(28)26-11-13-27(14-12-26)18-9-7-17(8-10-18)22-19(29)20-24-25-21(30-20)23-16-5-3-2-4-6-16/h2-10H,11-14H2,1H3,(H,22,29)(H,23,25). The number of piperazine rings is 1. The molecular formula is C21H22N6O3. The van der Waals surface area contributed by atoms with Gasteiger partial charge in [0.15, 0.2) is 0 Å². The summed E-state index contributed by atoms with van der Waals surface area (Å²) in [5, 5.41) is 13.3. The van der Waals surface area contributed by atoms with Gasteiger partial charge in [-0.25, -0.2) is 0 Å². The van der Waals surface area contributed by atoms with E-state index in [9.17, 15) is 9.59 Å². The van der Waals surface area contributed by atoms with Crippen LogP contribution in [0.5, 0.6) is 0 Å². The largest absolute Gasteiger partial charge is 0.399 e. The van der Waals surface area contributed by atoms with Crippen LogP contribution < -0.4 is 15.5 Å². The number of aromatic nitrogens is 2. The van der Waals surface area contributed by atoms with E-state index < -0.39 is 5.91 Å². The lowest BCUT2D eigenvalue weighted by atomic mass is 10.2. The summed E-state index contributed by atoms with van der Waals surface area (Å²) in [7, 11) is 0. The van der Waals surface area contributed by atoms with Crippen LogP contribution in [0.4, 0.5) is 23.1 Å². The van der Waals surface area contributed by atoms with Crippen LogP contribution in [-0.4, -0.2) is 53.1 Å². The van der Waals surface area contributed by atoms with Gasteiger partial charge in [-0.15, -0.1) is 5.10 Å². The van der Waals surface area contributed by atoms with E-state index in [4.69, 9.17) is 4.42 Å². The van der Waals surface area contributed by atoms with Gasteiger partial charge in [0.05, 0.1) is 0 Å². The molecule has 4 rings (SSSR count). The predicted molar refractivity (Wildman–Crippen MR) is 113 cm³/mol. The number of hydrogen-bond acceptors (Lipinski definition) is 7. The first-order chi connectivity index (χ1) is 14.6. The van der Waals surface area contributed by atoms with Crippen molar-refractivity contribution in [2.24, 2.45) is 0 Å². The zero-order chi connectivity index (χ0) is 20.9. The average molecular weight is 406 g/mol. The zero-order valence-corrected chi connectivity index (χ0v) is 16.5. The number of anilines is 4. The fourth-order valence-corrected chi connectivity index (χ4v) is 3.23. The Balaban J connectivity index is 1.33. The van der Waals surface area contributed by atoms with Crippen LogP contribution in [-0.2, 0) is 4.79 Å². The molecule has 1 aliphatic rings. The molecule has 30 heavy (non-hydrogen) atoms. The molecule has 0 bridgehead atoms. The molecule has 3 aromatic rings. The molecule has 0 saturated carbocycles. The van der Waals surface area contributed by atoms with Crippen molar-refractivity contribution < 1.29 is 14.0 Å². The summed E-state index contributed by atoms with van der Waals surface area (Å²) >= 11 is 0. The Hall–Kier alpha value is -3.88. The third-order valence-electron chi connectivity index (χ3n) is 4.86. The summed E-state index contributed by atoms with van der Waals surface area (Å²) in [6, 6.07) is 17.0. The molecule has 0 atom stereocenters. The van der Waals surface area contributed by atoms with Crippen molar-refractivity contribution in [1.29, 1.82) is 0 Å². The SMILES string of the molecule is CC(=O)N1CCN(c2ccc(NC(=O)c3nnc(Nc4ccccc4)o3)cc2)CC1. The first-order valence-electron chi connectivity index (χ1n) is 9.66. The van der Waals surface area contributed by atoms with Crippen molar-refractivity contribution in [2.45, 2.75) is 6.92 Å². The molecule has 0 unspecified atom stereocenters. The van der Waals surface area contributed by atoms with Gasteiger partial charge in [0.25, 0.3) is 0 Å². The molecule has 1 aromatic heterocycles. The summed E-state index contributed by atoms with van der Waals surface area (Å²) in [6.07, 6.45) is 0. The Labute approximate surface area is 173 Å². The van der Waals surface area contributed by atoms with Gasteiger partial charge in [-0.05, 0) is 36.4 Å². The number of nitrogens with one attached hydrogen (secondary N) is 2. The Bertz CT molecular complexity index is 1010. The maximum atomic E-state index is 12.4. The highest BCUT2D eigenvalue weighted by molar-refractivity contribution is 6.01. The molecule has 0 radical (unpaired) electrons. The number of carbonyl (C=O) groups excluding carboxylic acids is 2. The van der Waals surface area contributed by atoms with Crippen LogP contribution in [0.3, 0.4) is 0 Å². The van der Waals surface area contributed by atoms with E-state index in [0.717, 1.165) is 24.5 Å². The number of hydrogen-bond donors (Lipinski definition) is 2. The van der Waals surface area contributed by atoms with E-state index in [1.165, 1.54) is 0 Å².